The summed E-state index contributed by atoms with van der Waals surface area (Å²) in [7, 11) is 1.62. The Morgan fingerprint density at radius 2 is 1.97 bits per heavy atom. The molecule has 2 aliphatic rings. The van der Waals surface area contributed by atoms with Gasteiger partial charge in [-0.15, -0.1) is 24.8 Å². The van der Waals surface area contributed by atoms with Crippen LogP contribution in [0.1, 0.15) is 53.6 Å². The number of methoxy groups -OCH3 is 1. The lowest BCUT2D eigenvalue weighted by Crippen LogP contribution is -2.55. The maximum Gasteiger partial charge on any atom is 0.275 e. The topological polar surface area (TPSA) is 97.4 Å². The Morgan fingerprint density at radius 1 is 1.21 bits per heavy atom. The summed E-state index contributed by atoms with van der Waals surface area (Å²) in [5.74, 6) is -0.0864. The second-order valence-electron chi connectivity index (χ2n) is 10.5. The zero-order valence-corrected chi connectivity index (χ0v) is 24.5. The van der Waals surface area contributed by atoms with Crippen molar-refractivity contribution in [2.45, 2.75) is 63.8 Å². The van der Waals surface area contributed by atoms with Gasteiger partial charge in [-0.25, -0.2) is 4.98 Å². The number of carbonyl (C=O) groups excluding carboxylic acids is 1. The summed E-state index contributed by atoms with van der Waals surface area (Å²) in [5, 5.41) is 19.7. The number of aromatic nitrogens is 4. The molecule has 9 nitrogen and oxygen atoms in total. The second kappa shape index (κ2) is 13.3. The van der Waals surface area contributed by atoms with Crippen molar-refractivity contribution in [1.29, 1.82) is 0 Å². The number of hydrogen-bond acceptors (Lipinski definition) is 6. The van der Waals surface area contributed by atoms with E-state index in [-0.39, 0.29) is 49.4 Å². The molecule has 1 saturated heterocycles. The summed E-state index contributed by atoms with van der Waals surface area (Å²) in [6.07, 6.45) is 5.16. The molecular formula is C28H40Cl2N6O3. The molecule has 1 aromatic carbocycles. The zero-order valence-electron chi connectivity index (χ0n) is 22.9. The number of aliphatic hydroxyl groups is 1. The van der Waals surface area contributed by atoms with Crippen molar-refractivity contribution in [3.63, 3.8) is 0 Å². The highest BCUT2D eigenvalue weighted by molar-refractivity contribution is 5.98. The molecule has 0 spiro atoms. The van der Waals surface area contributed by atoms with Crippen molar-refractivity contribution >= 4 is 30.7 Å². The van der Waals surface area contributed by atoms with Gasteiger partial charge in [0.25, 0.3) is 5.91 Å². The predicted octanol–water partition coefficient (Wildman–Crippen LogP) is 3.81. The van der Waals surface area contributed by atoms with Crippen LogP contribution in [0, 0.1) is 13.8 Å². The van der Waals surface area contributed by atoms with Crippen molar-refractivity contribution in [3.05, 3.63) is 59.8 Å². The van der Waals surface area contributed by atoms with Crippen LogP contribution in [0.5, 0.6) is 0 Å². The van der Waals surface area contributed by atoms with Crippen LogP contribution in [0.25, 0.3) is 11.3 Å². The number of rotatable bonds is 7. The molecular weight excluding hydrogens is 539 g/mol. The molecule has 1 aliphatic carbocycles. The number of ether oxygens (including phenoxy) is 1. The Hall–Kier alpha value is -2.43. The number of nitrogens with one attached hydrogen (secondary N) is 1. The first-order valence-corrected chi connectivity index (χ1v) is 13.3. The third kappa shape index (κ3) is 6.33. The van der Waals surface area contributed by atoms with Crippen LogP contribution < -0.4 is 5.32 Å². The van der Waals surface area contributed by atoms with Gasteiger partial charge in [-0.3, -0.25) is 9.48 Å². The van der Waals surface area contributed by atoms with E-state index in [1.54, 1.807) is 13.4 Å². The van der Waals surface area contributed by atoms with Crippen LogP contribution in [-0.2, 0) is 11.3 Å². The minimum Gasteiger partial charge on any atom is -0.385 e. The van der Waals surface area contributed by atoms with Gasteiger partial charge < -0.3 is 24.6 Å². The molecule has 11 heteroatoms. The standard InChI is InChI=1S/C28H38N6O3.2ClH/c1-20-15-21(2)34(31-20)17-23-16-29-13-14-32(23)27(35)25-26(22-9-5-4-6-10-22)33(19-30-25)24-11-7-8-12-28(24,36)18-37-3;;/h4-6,9-10,15,19,23-24,29,36H,7-8,11-14,16-18H2,1-3H3;2*1H/t23-,24+,28+;;/m0../s1. The van der Waals surface area contributed by atoms with E-state index in [1.165, 1.54) is 0 Å². The van der Waals surface area contributed by atoms with Gasteiger partial charge in [0.05, 0.1) is 43.0 Å². The number of halogens is 2. The molecule has 3 atom stereocenters. The molecule has 5 rings (SSSR count). The molecule has 1 amide bonds. The van der Waals surface area contributed by atoms with Crippen molar-refractivity contribution in [2.75, 3.05) is 33.4 Å². The Labute approximate surface area is 242 Å². The second-order valence-corrected chi connectivity index (χ2v) is 10.5. The van der Waals surface area contributed by atoms with Crippen molar-refractivity contribution in [2.24, 2.45) is 0 Å². The lowest BCUT2D eigenvalue weighted by atomic mass is 9.80. The van der Waals surface area contributed by atoms with Gasteiger partial charge >= 0.3 is 0 Å². The summed E-state index contributed by atoms with van der Waals surface area (Å²) in [6.45, 7) is 6.93. The Bertz CT molecular complexity index is 1230. The maximum atomic E-state index is 14.2. The van der Waals surface area contributed by atoms with E-state index in [0.717, 1.165) is 48.5 Å². The molecule has 0 unspecified atom stereocenters. The fourth-order valence-corrected chi connectivity index (χ4v) is 6.04. The molecule has 2 aromatic heterocycles. The van der Waals surface area contributed by atoms with Crippen molar-refractivity contribution < 1.29 is 14.6 Å². The van der Waals surface area contributed by atoms with Crippen LogP contribution in [0.2, 0.25) is 0 Å². The number of aryl methyl sites for hydroxylation is 2. The molecule has 0 bridgehead atoms. The van der Waals surface area contributed by atoms with E-state index < -0.39 is 5.60 Å². The van der Waals surface area contributed by atoms with Crippen LogP contribution in [0.4, 0.5) is 0 Å². The first-order valence-electron chi connectivity index (χ1n) is 13.3. The number of amides is 1. The minimum absolute atomic E-state index is 0. The van der Waals surface area contributed by atoms with E-state index in [1.807, 2.05) is 58.3 Å². The molecule has 1 saturated carbocycles. The molecule has 214 valence electrons. The highest BCUT2D eigenvalue weighted by Gasteiger charge is 2.42. The number of carbonyl (C=O) groups is 1. The molecule has 2 fully saturated rings. The summed E-state index contributed by atoms with van der Waals surface area (Å²) in [5.41, 5.74) is 3.15. The highest BCUT2D eigenvalue weighted by atomic mass is 35.5. The SMILES string of the molecule is COC[C@]1(O)CCCC[C@H]1n1cnc(C(=O)N2CCNC[C@H]2Cn2nc(C)cc2C)c1-c1ccccc1.Cl.Cl. The smallest absolute Gasteiger partial charge is 0.275 e. The minimum atomic E-state index is -1.01. The molecule has 1 aliphatic heterocycles. The number of imidazole rings is 1. The molecule has 39 heavy (non-hydrogen) atoms. The summed E-state index contributed by atoms with van der Waals surface area (Å²) < 4.78 is 9.45. The van der Waals surface area contributed by atoms with Crippen LogP contribution >= 0.6 is 24.8 Å². The summed E-state index contributed by atoms with van der Waals surface area (Å²) >= 11 is 0. The van der Waals surface area contributed by atoms with E-state index in [4.69, 9.17) is 9.72 Å². The quantitative estimate of drug-likeness (QED) is 0.442. The first kappa shape index (κ1) is 31.1. The van der Waals surface area contributed by atoms with Gasteiger partial charge in [0, 0.05) is 38.0 Å². The molecule has 0 radical (unpaired) electrons. The van der Waals surface area contributed by atoms with E-state index in [0.29, 0.717) is 31.7 Å². The lowest BCUT2D eigenvalue weighted by Gasteiger charge is -2.41. The number of piperazine rings is 1. The van der Waals surface area contributed by atoms with E-state index in [9.17, 15) is 9.90 Å². The fourth-order valence-electron chi connectivity index (χ4n) is 6.04. The van der Waals surface area contributed by atoms with Gasteiger partial charge in [0.1, 0.15) is 5.60 Å². The maximum absolute atomic E-state index is 14.2. The van der Waals surface area contributed by atoms with Crippen LogP contribution in [0.15, 0.2) is 42.7 Å². The average Bonchev–Trinajstić information content (AvgIpc) is 3.47. The van der Waals surface area contributed by atoms with Crippen molar-refractivity contribution in [3.8, 4) is 11.3 Å². The number of benzene rings is 1. The molecule has 3 heterocycles. The van der Waals surface area contributed by atoms with Gasteiger partial charge in [0.15, 0.2) is 5.69 Å². The average molecular weight is 580 g/mol. The third-order valence-electron chi connectivity index (χ3n) is 7.83. The van der Waals surface area contributed by atoms with E-state index in [2.05, 4.69) is 16.5 Å². The predicted molar refractivity (Wildman–Crippen MR) is 156 cm³/mol. The Balaban J connectivity index is 0.00000210. The van der Waals surface area contributed by atoms with Gasteiger partial charge in [-0.2, -0.15) is 5.10 Å². The van der Waals surface area contributed by atoms with Crippen molar-refractivity contribution in [1.82, 2.24) is 29.5 Å². The third-order valence-corrected chi connectivity index (χ3v) is 7.83. The fraction of sp³-hybridized carbons (Fsp3) is 0.536. The van der Waals surface area contributed by atoms with Crippen LogP contribution in [-0.4, -0.2) is 80.2 Å². The van der Waals surface area contributed by atoms with Gasteiger partial charge in [0.2, 0.25) is 0 Å². The summed E-state index contributed by atoms with van der Waals surface area (Å²) in [4.78, 5) is 20.8. The zero-order chi connectivity index (χ0) is 26.0. The monoisotopic (exact) mass is 578 g/mol. The van der Waals surface area contributed by atoms with Crippen LogP contribution in [0.3, 0.4) is 0 Å². The largest absolute Gasteiger partial charge is 0.385 e. The summed E-state index contributed by atoms with van der Waals surface area (Å²) in [6, 6.07) is 11.7. The highest BCUT2D eigenvalue weighted by Crippen LogP contribution is 2.41. The van der Waals surface area contributed by atoms with Gasteiger partial charge in [-0.05, 0) is 32.8 Å². The first-order chi connectivity index (χ1) is 17.9. The number of nitrogens with zero attached hydrogens (tertiary/aromatic N) is 5. The Morgan fingerprint density at radius 3 is 2.67 bits per heavy atom. The Kier molecular flexibility index (Phi) is 10.6. The normalized spacial score (nSPS) is 23.1. The lowest BCUT2D eigenvalue weighted by molar-refractivity contribution is -0.0893. The number of hydrogen-bond donors (Lipinski definition) is 2. The van der Waals surface area contributed by atoms with E-state index >= 15 is 0 Å². The van der Waals surface area contributed by atoms with Gasteiger partial charge in [-0.1, -0.05) is 43.2 Å². The molecule has 2 N–H and O–H groups in total. The molecule has 3 aromatic rings.